The zero-order chi connectivity index (χ0) is 17.3. The molecule has 0 unspecified atom stereocenters. The number of carbonyl (C=O) groups is 3. The quantitative estimate of drug-likeness (QED) is 0.766. The first-order valence-electron chi connectivity index (χ1n) is 7.78. The number of ether oxygens (including phenoxy) is 1. The van der Waals surface area contributed by atoms with Gasteiger partial charge in [-0.05, 0) is 19.1 Å². The summed E-state index contributed by atoms with van der Waals surface area (Å²) in [5, 5.41) is 12.1. The summed E-state index contributed by atoms with van der Waals surface area (Å²) in [6.45, 7) is 2.02. The van der Waals surface area contributed by atoms with Crippen molar-refractivity contribution in [3.8, 4) is 5.75 Å². The number of aliphatic hydroxyl groups is 1. The molecular weight excluding hydrogens is 314 g/mol. The van der Waals surface area contributed by atoms with E-state index in [1.54, 1.807) is 24.3 Å². The molecule has 3 rings (SSSR count). The number of piperazine rings is 2. The van der Waals surface area contributed by atoms with E-state index in [9.17, 15) is 19.5 Å². The Morgan fingerprint density at radius 3 is 2.67 bits per heavy atom. The lowest BCUT2D eigenvalue weighted by Gasteiger charge is -2.45. The van der Waals surface area contributed by atoms with Crippen molar-refractivity contribution >= 4 is 17.9 Å². The van der Waals surface area contributed by atoms with Gasteiger partial charge in [0.25, 0.3) is 0 Å². The van der Waals surface area contributed by atoms with Gasteiger partial charge in [-0.1, -0.05) is 18.2 Å². The fraction of sp³-hybridized carbons (Fsp3) is 0.438. The average molecular weight is 333 g/mol. The van der Waals surface area contributed by atoms with Crippen LogP contribution < -0.4 is 10.1 Å². The number of aliphatic hydroxyl groups excluding tert-OH is 1. The Bertz CT molecular complexity index is 648. The number of hydrogen-bond donors (Lipinski definition) is 2. The number of hydrogen-bond acceptors (Lipinski definition) is 5. The molecule has 0 aliphatic carbocycles. The lowest BCUT2D eigenvalue weighted by atomic mass is 10.0. The third kappa shape index (κ3) is 3.05. The Kier molecular flexibility index (Phi) is 4.39. The molecule has 8 heteroatoms. The van der Waals surface area contributed by atoms with Crippen molar-refractivity contribution in [2.24, 2.45) is 0 Å². The normalized spacial score (nSPS) is 24.9. The Morgan fingerprint density at radius 1 is 1.29 bits per heavy atom. The van der Waals surface area contributed by atoms with Crippen molar-refractivity contribution in [2.75, 3.05) is 19.6 Å². The minimum Gasteiger partial charge on any atom is -0.410 e. The summed E-state index contributed by atoms with van der Waals surface area (Å²) in [6, 6.07) is 6.96. The molecule has 0 spiro atoms. The van der Waals surface area contributed by atoms with Gasteiger partial charge in [0.2, 0.25) is 11.8 Å². The summed E-state index contributed by atoms with van der Waals surface area (Å²) in [4.78, 5) is 39.6. The molecule has 0 aromatic heterocycles. The Hall–Kier alpha value is -2.61. The Balaban J connectivity index is 1.67. The molecule has 3 atom stereocenters. The number of rotatable bonds is 2. The molecule has 3 amide bonds. The van der Waals surface area contributed by atoms with Gasteiger partial charge in [0.05, 0.1) is 12.6 Å². The molecule has 2 aliphatic heterocycles. The first kappa shape index (κ1) is 16.3. The standard InChI is InChI=1S/C16H19N3O5/c1-10(20)13-15(22)19-8-7-18(9-12(19)14(21)17-13)16(23)24-11-5-3-2-4-6-11/h2-6,10,12-13,20H,7-9H2,1H3,(H,17,21)/t10-,12+,13+/m0/s1. The SMILES string of the molecule is C[C@H](O)[C@H]1NC(=O)[C@H]2CN(C(=O)Oc3ccccc3)CCN2C1=O. The maximum atomic E-state index is 12.3. The van der Waals surface area contributed by atoms with Crippen LogP contribution in [0.15, 0.2) is 30.3 Å². The van der Waals surface area contributed by atoms with E-state index in [4.69, 9.17) is 4.74 Å². The smallest absolute Gasteiger partial charge is 0.410 e. The third-order valence-electron chi connectivity index (χ3n) is 4.22. The topological polar surface area (TPSA) is 99.2 Å². The predicted molar refractivity (Wildman–Crippen MR) is 83.2 cm³/mol. The predicted octanol–water partition coefficient (Wildman–Crippen LogP) is -0.423. The van der Waals surface area contributed by atoms with Gasteiger partial charge in [-0.15, -0.1) is 0 Å². The van der Waals surface area contributed by atoms with E-state index in [2.05, 4.69) is 5.32 Å². The van der Waals surface area contributed by atoms with Crippen LogP contribution in [0.4, 0.5) is 4.79 Å². The second-order valence-corrected chi connectivity index (χ2v) is 5.90. The van der Waals surface area contributed by atoms with Crippen molar-refractivity contribution in [1.29, 1.82) is 0 Å². The number of benzene rings is 1. The van der Waals surface area contributed by atoms with Crippen LogP contribution in [-0.4, -0.2) is 70.6 Å². The monoisotopic (exact) mass is 333 g/mol. The minimum absolute atomic E-state index is 0.0652. The van der Waals surface area contributed by atoms with Crippen LogP contribution >= 0.6 is 0 Å². The molecule has 128 valence electrons. The highest BCUT2D eigenvalue weighted by Gasteiger charge is 2.45. The number of carbonyl (C=O) groups excluding carboxylic acids is 3. The van der Waals surface area contributed by atoms with Gasteiger partial charge < -0.3 is 25.0 Å². The first-order chi connectivity index (χ1) is 11.5. The largest absolute Gasteiger partial charge is 0.415 e. The number of fused-ring (bicyclic) bond motifs is 1. The van der Waals surface area contributed by atoms with Gasteiger partial charge in [-0.3, -0.25) is 9.59 Å². The van der Waals surface area contributed by atoms with E-state index in [0.717, 1.165) is 0 Å². The fourth-order valence-corrected chi connectivity index (χ4v) is 2.91. The lowest BCUT2D eigenvalue weighted by Crippen LogP contribution is -2.71. The summed E-state index contributed by atoms with van der Waals surface area (Å²) in [5.41, 5.74) is 0. The molecule has 1 aromatic carbocycles. The van der Waals surface area contributed by atoms with Crippen LogP contribution in [0.2, 0.25) is 0 Å². The van der Waals surface area contributed by atoms with Crippen LogP contribution in [0.25, 0.3) is 0 Å². The third-order valence-corrected chi connectivity index (χ3v) is 4.22. The van der Waals surface area contributed by atoms with E-state index >= 15 is 0 Å². The van der Waals surface area contributed by atoms with E-state index in [-0.39, 0.29) is 31.4 Å². The summed E-state index contributed by atoms with van der Waals surface area (Å²) < 4.78 is 5.27. The maximum Gasteiger partial charge on any atom is 0.415 e. The Labute approximate surface area is 139 Å². The van der Waals surface area contributed by atoms with Crippen molar-refractivity contribution in [2.45, 2.75) is 25.1 Å². The van der Waals surface area contributed by atoms with E-state index < -0.39 is 24.3 Å². The molecular formula is C16H19N3O5. The van der Waals surface area contributed by atoms with Gasteiger partial charge in [0.15, 0.2) is 0 Å². The minimum atomic E-state index is -0.969. The zero-order valence-corrected chi connectivity index (χ0v) is 13.2. The molecule has 24 heavy (non-hydrogen) atoms. The molecule has 2 heterocycles. The maximum absolute atomic E-state index is 12.3. The van der Waals surface area contributed by atoms with Gasteiger partial charge in [0, 0.05) is 13.1 Å². The van der Waals surface area contributed by atoms with Crippen molar-refractivity contribution in [1.82, 2.24) is 15.1 Å². The van der Waals surface area contributed by atoms with E-state index in [1.807, 2.05) is 6.07 Å². The highest BCUT2D eigenvalue weighted by atomic mass is 16.6. The van der Waals surface area contributed by atoms with Crippen LogP contribution in [0.3, 0.4) is 0 Å². The van der Waals surface area contributed by atoms with Gasteiger partial charge in [-0.2, -0.15) is 0 Å². The van der Waals surface area contributed by atoms with Crippen LogP contribution in [0.5, 0.6) is 5.75 Å². The van der Waals surface area contributed by atoms with Gasteiger partial charge in [0.1, 0.15) is 17.8 Å². The average Bonchev–Trinajstić information content (AvgIpc) is 2.58. The molecule has 0 bridgehead atoms. The zero-order valence-electron chi connectivity index (χ0n) is 13.2. The fourth-order valence-electron chi connectivity index (χ4n) is 2.91. The molecule has 2 fully saturated rings. The lowest BCUT2D eigenvalue weighted by molar-refractivity contribution is -0.155. The molecule has 0 radical (unpaired) electrons. The highest BCUT2D eigenvalue weighted by Crippen LogP contribution is 2.19. The summed E-state index contributed by atoms with van der Waals surface area (Å²) >= 11 is 0. The first-order valence-corrected chi connectivity index (χ1v) is 7.78. The van der Waals surface area contributed by atoms with Gasteiger partial charge >= 0.3 is 6.09 Å². The molecule has 0 saturated carbocycles. The summed E-state index contributed by atoms with van der Waals surface area (Å²) in [6.07, 6.45) is -1.53. The van der Waals surface area contributed by atoms with E-state index in [1.165, 1.54) is 16.7 Å². The molecule has 2 saturated heterocycles. The summed E-state index contributed by atoms with van der Waals surface area (Å²) in [5.74, 6) is -0.286. The number of amides is 3. The van der Waals surface area contributed by atoms with Crippen molar-refractivity contribution in [3.05, 3.63) is 30.3 Å². The second kappa shape index (κ2) is 6.48. The van der Waals surface area contributed by atoms with Crippen molar-refractivity contribution in [3.63, 3.8) is 0 Å². The van der Waals surface area contributed by atoms with Crippen LogP contribution in [-0.2, 0) is 9.59 Å². The number of nitrogens with one attached hydrogen (secondary N) is 1. The number of para-hydroxylation sites is 1. The van der Waals surface area contributed by atoms with Gasteiger partial charge in [-0.25, -0.2) is 4.79 Å². The molecule has 2 N–H and O–H groups in total. The van der Waals surface area contributed by atoms with E-state index in [0.29, 0.717) is 5.75 Å². The summed E-state index contributed by atoms with van der Waals surface area (Å²) in [7, 11) is 0. The Morgan fingerprint density at radius 2 is 2.00 bits per heavy atom. The van der Waals surface area contributed by atoms with Crippen molar-refractivity contribution < 1.29 is 24.2 Å². The van der Waals surface area contributed by atoms with Crippen LogP contribution in [0.1, 0.15) is 6.92 Å². The highest BCUT2D eigenvalue weighted by molar-refractivity contribution is 5.98. The van der Waals surface area contributed by atoms with Crippen LogP contribution in [0, 0.1) is 0 Å². The molecule has 8 nitrogen and oxygen atoms in total. The molecule has 1 aromatic rings. The molecule has 2 aliphatic rings. The second-order valence-electron chi connectivity index (χ2n) is 5.90. The number of nitrogens with zero attached hydrogens (tertiary/aromatic N) is 2.